The molecule has 510 valence electrons. The van der Waals surface area contributed by atoms with E-state index in [1.165, 1.54) is 238 Å². The summed E-state index contributed by atoms with van der Waals surface area (Å²) in [7, 11) is 0. The van der Waals surface area contributed by atoms with Gasteiger partial charge in [0.1, 0.15) is 48.8 Å². The first-order valence-corrected chi connectivity index (χ1v) is 36.4. The standard InChI is InChI=1S/C73H135NO13/c1-3-5-7-9-11-13-15-17-19-21-23-25-26-27-28-29-30-31-32-33-34-35-36-37-39-41-43-45-47-49-51-53-55-57-65(78)74-61(62(77)56-54-52-50-48-46-44-42-40-38-24-22-20-18-16-14-12-10-8-6-4-2)60-84-72-70(83)68(81)71(64(59-76)86-72)87-73-69(82)67(80)66(79)63(58-75)85-73/h21,23,38,40,46,48,54,56,61-64,66-73,75-77,79-83H,3-20,22,24-37,39,41-45,47,49-53,55,57-60H2,1-2H3,(H,74,78)/b23-21-,40-38+,48-46+,56-54+. The first kappa shape index (κ1) is 81.0. The van der Waals surface area contributed by atoms with Crippen LogP contribution in [0, 0.1) is 0 Å². The van der Waals surface area contributed by atoms with Crippen LogP contribution in [-0.4, -0.2) is 140 Å². The molecule has 0 aromatic carbocycles. The summed E-state index contributed by atoms with van der Waals surface area (Å²) >= 11 is 0. The molecule has 0 aromatic rings. The Labute approximate surface area is 531 Å². The van der Waals surface area contributed by atoms with Gasteiger partial charge in [-0.15, -0.1) is 0 Å². The second kappa shape index (κ2) is 57.8. The van der Waals surface area contributed by atoms with Gasteiger partial charge in [-0.25, -0.2) is 0 Å². The lowest BCUT2D eigenvalue weighted by molar-refractivity contribution is -0.359. The molecule has 14 heteroatoms. The Bertz CT molecular complexity index is 1640. The number of ether oxygens (including phenoxy) is 4. The number of hydrogen-bond acceptors (Lipinski definition) is 13. The van der Waals surface area contributed by atoms with Crippen molar-refractivity contribution >= 4 is 5.91 Å². The third-order valence-corrected chi connectivity index (χ3v) is 17.7. The van der Waals surface area contributed by atoms with Crippen LogP contribution in [-0.2, 0) is 23.7 Å². The molecule has 2 aliphatic heterocycles. The molecule has 2 heterocycles. The Morgan fingerprint density at radius 3 is 1.13 bits per heavy atom. The summed E-state index contributed by atoms with van der Waals surface area (Å²) in [4.78, 5) is 13.3. The highest BCUT2D eigenvalue weighted by Gasteiger charge is 2.51. The van der Waals surface area contributed by atoms with Crippen LogP contribution in [0.5, 0.6) is 0 Å². The summed E-state index contributed by atoms with van der Waals surface area (Å²) in [6.07, 6.45) is 59.0. The maximum absolute atomic E-state index is 13.3. The minimum Gasteiger partial charge on any atom is -0.394 e. The molecular formula is C73H135NO13. The number of allylic oxidation sites excluding steroid dienone is 7. The smallest absolute Gasteiger partial charge is 0.220 e. The maximum Gasteiger partial charge on any atom is 0.220 e. The van der Waals surface area contributed by atoms with E-state index in [1.807, 2.05) is 6.08 Å². The van der Waals surface area contributed by atoms with Gasteiger partial charge < -0.3 is 65.1 Å². The monoisotopic (exact) mass is 1230 g/mol. The van der Waals surface area contributed by atoms with Crippen molar-refractivity contribution in [3.05, 3.63) is 48.6 Å². The van der Waals surface area contributed by atoms with E-state index in [2.05, 4.69) is 55.6 Å². The first-order chi connectivity index (χ1) is 42.6. The van der Waals surface area contributed by atoms with Crippen LogP contribution in [0.3, 0.4) is 0 Å². The average molecular weight is 1230 g/mol. The van der Waals surface area contributed by atoms with Gasteiger partial charge in [0.2, 0.25) is 5.91 Å². The van der Waals surface area contributed by atoms with Gasteiger partial charge in [-0.2, -0.15) is 0 Å². The molecule has 0 spiro atoms. The van der Waals surface area contributed by atoms with E-state index in [-0.39, 0.29) is 18.9 Å². The highest BCUT2D eigenvalue weighted by atomic mass is 16.7. The van der Waals surface area contributed by atoms with Gasteiger partial charge in [0, 0.05) is 6.42 Å². The molecule has 9 N–H and O–H groups in total. The molecule has 0 radical (unpaired) electrons. The van der Waals surface area contributed by atoms with E-state index < -0.39 is 86.8 Å². The van der Waals surface area contributed by atoms with Crippen LogP contribution in [0.1, 0.15) is 316 Å². The molecule has 2 saturated heterocycles. The molecule has 0 aliphatic carbocycles. The highest BCUT2D eigenvalue weighted by molar-refractivity contribution is 5.76. The second-order valence-electron chi connectivity index (χ2n) is 25.7. The number of rotatable bonds is 60. The highest BCUT2D eigenvalue weighted by Crippen LogP contribution is 2.30. The molecule has 0 bridgehead atoms. The van der Waals surface area contributed by atoms with Gasteiger partial charge in [-0.3, -0.25) is 4.79 Å². The predicted octanol–water partition coefficient (Wildman–Crippen LogP) is 15.1. The third kappa shape index (κ3) is 41.9. The summed E-state index contributed by atoms with van der Waals surface area (Å²) in [6.45, 7) is 2.81. The van der Waals surface area contributed by atoms with E-state index in [1.54, 1.807) is 6.08 Å². The molecule has 87 heavy (non-hydrogen) atoms. The van der Waals surface area contributed by atoms with E-state index in [0.717, 1.165) is 44.9 Å². The lowest BCUT2D eigenvalue weighted by atomic mass is 9.97. The zero-order chi connectivity index (χ0) is 63.1. The molecule has 14 nitrogen and oxygen atoms in total. The molecule has 12 unspecified atom stereocenters. The van der Waals surface area contributed by atoms with Crippen LogP contribution in [0.2, 0.25) is 0 Å². The van der Waals surface area contributed by atoms with Crippen molar-refractivity contribution in [1.82, 2.24) is 5.32 Å². The van der Waals surface area contributed by atoms with E-state index in [9.17, 15) is 45.6 Å². The normalized spacial score (nSPS) is 23.5. The van der Waals surface area contributed by atoms with E-state index >= 15 is 0 Å². The number of carbonyl (C=O) groups excluding carboxylic acids is 1. The van der Waals surface area contributed by atoms with Gasteiger partial charge in [-0.05, 0) is 70.6 Å². The lowest BCUT2D eigenvalue weighted by Crippen LogP contribution is -2.65. The van der Waals surface area contributed by atoms with Crippen LogP contribution >= 0.6 is 0 Å². The van der Waals surface area contributed by atoms with Gasteiger partial charge >= 0.3 is 0 Å². The number of carbonyl (C=O) groups is 1. The zero-order valence-electron chi connectivity index (χ0n) is 55.5. The Hall–Kier alpha value is -2.05. The molecule has 0 aromatic heterocycles. The summed E-state index contributed by atoms with van der Waals surface area (Å²) in [5.74, 6) is -0.248. The van der Waals surface area contributed by atoms with Crippen molar-refractivity contribution < 1.29 is 64.6 Å². The van der Waals surface area contributed by atoms with Crippen molar-refractivity contribution in [1.29, 1.82) is 0 Å². The molecule has 1 amide bonds. The van der Waals surface area contributed by atoms with Crippen LogP contribution < -0.4 is 5.32 Å². The number of nitrogens with one attached hydrogen (secondary N) is 1. The van der Waals surface area contributed by atoms with E-state index in [4.69, 9.17) is 18.9 Å². The van der Waals surface area contributed by atoms with Crippen LogP contribution in [0.4, 0.5) is 0 Å². The van der Waals surface area contributed by atoms with Crippen molar-refractivity contribution in [3.8, 4) is 0 Å². The fourth-order valence-corrected chi connectivity index (χ4v) is 11.9. The number of aliphatic hydroxyl groups is 8. The third-order valence-electron chi connectivity index (χ3n) is 17.7. The Morgan fingerprint density at radius 2 is 0.736 bits per heavy atom. The zero-order valence-corrected chi connectivity index (χ0v) is 55.5. The van der Waals surface area contributed by atoms with Gasteiger partial charge in [0.15, 0.2) is 12.6 Å². The summed E-state index contributed by atoms with van der Waals surface area (Å²) in [6, 6.07) is -0.938. The van der Waals surface area contributed by atoms with Crippen molar-refractivity contribution in [3.63, 3.8) is 0 Å². The quantitative estimate of drug-likeness (QED) is 0.0204. The fourth-order valence-electron chi connectivity index (χ4n) is 11.9. The fraction of sp³-hybridized carbons (Fsp3) is 0.877. The molecule has 12 atom stereocenters. The Balaban J connectivity index is 1.65. The summed E-state index contributed by atoms with van der Waals surface area (Å²) in [5.41, 5.74) is 0. The molecule has 2 aliphatic rings. The maximum atomic E-state index is 13.3. The number of amides is 1. The summed E-state index contributed by atoms with van der Waals surface area (Å²) < 4.78 is 22.8. The topological polar surface area (TPSA) is 228 Å². The van der Waals surface area contributed by atoms with E-state index in [0.29, 0.717) is 12.8 Å². The Kier molecular flexibility index (Phi) is 53.9. The van der Waals surface area contributed by atoms with Crippen molar-refractivity contribution in [2.75, 3.05) is 19.8 Å². The minimum atomic E-state index is -1.79. The molecule has 0 saturated carbocycles. The number of hydrogen-bond donors (Lipinski definition) is 9. The SMILES string of the molecule is CCCCCCCCCC/C=C\CCCCCCCCCCCCCCCCCCCCCCCC(=O)NC(COC1OC(CO)C(OC2OC(CO)C(O)C(O)C2O)C(O)C1O)C(O)/C=C/CC/C=C/CC/C=C/CCCCCCCCCCCC. The van der Waals surface area contributed by atoms with Crippen molar-refractivity contribution in [2.24, 2.45) is 0 Å². The summed E-state index contributed by atoms with van der Waals surface area (Å²) in [5, 5.41) is 87.4. The second-order valence-corrected chi connectivity index (χ2v) is 25.7. The first-order valence-electron chi connectivity index (χ1n) is 36.4. The number of aliphatic hydroxyl groups excluding tert-OH is 8. The minimum absolute atomic E-state index is 0.248. The van der Waals surface area contributed by atoms with Gasteiger partial charge in [0.25, 0.3) is 0 Å². The van der Waals surface area contributed by atoms with Gasteiger partial charge in [-0.1, -0.05) is 287 Å². The largest absolute Gasteiger partial charge is 0.394 e. The van der Waals surface area contributed by atoms with Crippen LogP contribution in [0.15, 0.2) is 48.6 Å². The van der Waals surface area contributed by atoms with Crippen molar-refractivity contribution in [2.45, 2.75) is 389 Å². The Morgan fingerprint density at radius 1 is 0.402 bits per heavy atom. The number of unbranched alkanes of at least 4 members (excludes halogenated alkanes) is 41. The van der Waals surface area contributed by atoms with Crippen LogP contribution in [0.25, 0.3) is 0 Å². The molecular weight excluding hydrogens is 1100 g/mol. The lowest BCUT2D eigenvalue weighted by Gasteiger charge is -2.46. The molecule has 2 rings (SSSR count). The average Bonchev–Trinajstić information content (AvgIpc) is 2.59. The predicted molar refractivity (Wildman–Crippen MR) is 355 cm³/mol. The molecule has 2 fully saturated rings. The van der Waals surface area contributed by atoms with Gasteiger partial charge in [0.05, 0.1) is 32.0 Å².